The van der Waals surface area contributed by atoms with E-state index in [0.717, 1.165) is 30.7 Å². The molecule has 27 heavy (non-hydrogen) atoms. The van der Waals surface area contributed by atoms with Crippen molar-refractivity contribution in [1.82, 2.24) is 0 Å². The zero-order chi connectivity index (χ0) is 19.0. The third-order valence-corrected chi connectivity index (χ3v) is 4.47. The van der Waals surface area contributed by atoms with Gasteiger partial charge < -0.3 is 0 Å². The number of rotatable bonds is 0. The van der Waals surface area contributed by atoms with Crippen LogP contribution in [0.15, 0.2) is 90.7 Å². The largest absolute Gasteiger partial charge is 4.00 e. The smallest absolute Gasteiger partial charge is 0.273 e. The Labute approximate surface area is 211 Å². The standard InChI is InChI=1S/2C6H3Br2.2C5H5.Ti/c2*7-5-2-1-3-6(8)4-5;2*1-2-4-5-3-1;/h2*1-3H;2*1-3H,4H2;/q4*-1;+4. The monoisotopic (exact) mass is 644 g/mol. The molecule has 0 amide bonds. The molecule has 0 radical (unpaired) electrons. The molecule has 0 bridgehead atoms. The van der Waals surface area contributed by atoms with Crippen molar-refractivity contribution in [1.29, 1.82) is 0 Å². The molecule has 0 saturated heterocycles. The Bertz CT molecular complexity index is 644. The van der Waals surface area contributed by atoms with Crippen LogP contribution in [0.1, 0.15) is 12.8 Å². The second kappa shape index (κ2) is 18.1. The zero-order valence-corrected chi connectivity index (χ0v) is 22.3. The number of benzene rings is 2. The van der Waals surface area contributed by atoms with Gasteiger partial charge in [-0.05, 0) is 0 Å². The van der Waals surface area contributed by atoms with Crippen molar-refractivity contribution >= 4 is 63.7 Å². The van der Waals surface area contributed by atoms with Crippen molar-refractivity contribution in [2.24, 2.45) is 0 Å². The minimum absolute atomic E-state index is 0. The van der Waals surface area contributed by atoms with Crippen molar-refractivity contribution < 1.29 is 21.7 Å². The molecule has 2 aliphatic carbocycles. The van der Waals surface area contributed by atoms with Gasteiger partial charge in [-0.1, -0.05) is 81.6 Å². The second-order valence-corrected chi connectivity index (χ2v) is 8.12. The summed E-state index contributed by atoms with van der Waals surface area (Å²) >= 11 is 13.1. The third-order valence-electron chi connectivity index (χ3n) is 2.62. The Morgan fingerprint density at radius 3 is 1.04 bits per heavy atom. The predicted octanol–water partition coefficient (Wildman–Crippen LogP) is 8.63. The fourth-order valence-corrected chi connectivity index (χ4v) is 3.51. The van der Waals surface area contributed by atoms with Gasteiger partial charge in [-0.15, -0.1) is 12.8 Å². The molecular weight excluding hydrogens is 632 g/mol. The van der Waals surface area contributed by atoms with Gasteiger partial charge in [0.15, 0.2) is 0 Å². The van der Waals surface area contributed by atoms with Crippen molar-refractivity contribution in [3.8, 4) is 0 Å². The van der Waals surface area contributed by atoms with Crippen LogP contribution in [-0.2, 0) is 21.7 Å². The van der Waals surface area contributed by atoms with Crippen molar-refractivity contribution in [2.75, 3.05) is 0 Å². The van der Waals surface area contributed by atoms with Crippen LogP contribution >= 0.6 is 63.7 Å². The van der Waals surface area contributed by atoms with Crippen LogP contribution in [-0.4, -0.2) is 0 Å². The zero-order valence-electron chi connectivity index (χ0n) is 14.4. The summed E-state index contributed by atoms with van der Waals surface area (Å²) in [6.07, 6.45) is 20.0. The molecule has 0 aromatic heterocycles. The SMILES string of the molecule is Brc1[c-]c(Br)ccc1.Brc1[c-]c(Br)ccc1.[C-]1=CC=CC1.[C-]1=CC=CC1.[Ti+4]. The average Bonchev–Trinajstić information content (AvgIpc) is 3.34. The quantitative estimate of drug-likeness (QED) is 0.198. The van der Waals surface area contributed by atoms with E-state index >= 15 is 0 Å². The fourth-order valence-electron chi connectivity index (χ4n) is 1.51. The van der Waals surface area contributed by atoms with Gasteiger partial charge in [0.2, 0.25) is 0 Å². The van der Waals surface area contributed by atoms with Gasteiger partial charge in [0, 0.05) is 0 Å². The van der Waals surface area contributed by atoms with Crippen molar-refractivity contribution in [2.45, 2.75) is 12.8 Å². The average molecular weight is 648 g/mol. The van der Waals surface area contributed by atoms with Crippen LogP contribution in [0.4, 0.5) is 0 Å². The maximum absolute atomic E-state index is 3.28. The molecule has 5 heteroatoms. The number of allylic oxidation sites excluding steroid dienone is 8. The summed E-state index contributed by atoms with van der Waals surface area (Å²) in [6, 6.07) is 17.6. The Hall–Kier alpha value is 0.0343. The van der Waals surface area contributed by atoms with Crippen LogP contribution in [0.25, 0.3) is 0 Å². The maximum atomic E-state index is 3.28. The molecule has 0 N–H and O–H groups in total. The molecule has 0 unspecified atom stereocenters. The minimum Gasteiger partial charge on any atom is -0.273 e. The first-order valence-electron chi connectivity index (χ1n) is 7.68. The molecule has 0 fully saturated rings. The van der Waals surface area contributed by atoms with E-state index < -0.39 is 0 Å². The van der Waals surface area contributed by atoms with Gasteiger partial charge in [0.05, 0.1) is 0 Å². The molecule has 0 heterocycles. The summed E-state index contributed by atoms with van der Waals surface area (Å²) in [7, 11) is 0. The molecule has 0 nitrogen and oxygen atoms in total. The first kappa shape index (κ1) is 27.0. The first-order valence-corrected chi connectivity index (χ1v) is 10.9. The van der Waals surface area contributed by atoms with Crippen LogP contribution in [0.2, 0.25) is 0 Å². The Morgan fingerprint density at radius 1 is 0.593 bits per heavy atom. The Balaban J connectivity index is 0.000000337. The summed E-state index contributed by atoms with van der Waals surface area (Å²) in [6.45, 7) is 0. The minimum atomic E-state index is 0. The van der Waals surface area contributed by atoms with Gasteiger partial charge in [-0.3, -0.25) is 12.2 Å². The summed E-state index contributed by atoms with van der Waals surface area (Å²) in [4.78, 5) is 0. The molecule has 0 atom stereocenters. The van der Waals surface area contributed by atoms with E-state index in [4.69, 9.17) is 0 Å². The number of halogens is 4. The Morgan fingerprint density at radius 2 is 0.926 bits per heavy atom. The van der Waals surface area contributed by atoms with E-state index in [1.54, 1.807) is 0 Å². The van der Waals surface area contributed by atoms with Gasteiger partial charge in [0.1, 0.15) is 0 Å². The summed E-state index contributed by atoms with van der Waals surface area (Å²) in [5.74, 6) is 0. The van der Waals surface area contributed by atoms with Crippen LogP contribution in [0.5, 0.6) is 0 Å². The van der Waals surface area contributed by atoms with E-state index in [0.29, 0.717) is 0 Å². The maximum Gasteiger partial charge on any atom is 4.00 e. The third kappa shape index (κ3) is 16.7. The predicted molar refractivity (Wildman–Crippen MR) is 124 cm³/mol. The molecule has 2 aromatic carbocycles. The number of hydrogen-bond donors (Lipinski definition) is 0. The van der Waals surface area contributed by atoms with Gasteiger partial charge in [-0.25, -0.2) is 24.3 Å². The fraction of sp³-hybridized carbons (Fsp3) is 0.0909. The molecule has 4 rings (SSSR count). The molecule has 0 saturated carbocycles. The summed E-state index contributed by atoms with van der Waals surface area (Å²) in [5, 5.41) is 0. The van der Waals surface area contributed by atoms with Crippen LogP contribution < -0.4 is 0 Å². The van der Waals surface area contributed by atoms with Crippen LogP contribution in [0, 0.1) is 24.3 Å². The summed E-state index contributed by atoms with van der Waals surface area (Å²) in [5.41, 5.74) is 0. The van der Waals surface area contributed by atoms with Gasteiger partial charge >= 0.3 is 21.7 Å². The van der Waals surface area contributed by atoms with Gasteiger partial charge in [0.25, 0.3) is 0 Å². The van der Waals surface area contributed by atoms with E-state index in [9.17, 15) is 0 Å². The molecule has 136 valence electrons. The second-order valence-electron chi connectivity index (χ2n) is 4.70. The first-order chi connectivity index (χ1) is 12.6. The summed E-state index contributed by atoms with van der Waals surface area (Å²) < 4.78 is 3.91. The molecule has 2 aliphatic rings. The van der Waals surface area contributed by atoms with Crippen molar-refractivity contribution in [3.05, 3.63) is 115 Å². The van der Waals surface area contributed by atoms with Crippen LogP contribution in [0.3, 0.4) is 0 Å². The number of hydrogen-bond acceptors (Lipinski definition) is 0. The van der Waals surface area contributed by atoms with E-state index in [1.165, 1.54) is 0 Å². The van der Waals surface area contributed by atoms with E-state index in [1.807, 2.05) is 60.7 Å². The van der Waals surface area contributed by atoms with E-state index in [2.05, 4.69) is 100 Å². The van der Waals surface area contributed by atoms with E-state index in [-0.39, 0.29) is 21.7 Å². The van der Waals surface area contributed by atoms with Gasteiger partial charge in [-0.2, -0.15) is 60.7 Å². The topological polar surface area (TPSA) is 0 Å². The molecular formula is C22H16Br4Ti. The molecule has 0 aliphatic heterocycles. The normalized spacial score (nSPS) is 12.0. The molecule has 2 aromatic rings. The molecule has 0 spiro atoms. The van der Waals surface area contributed by atoms with Crippen molar-refractivity contribution in [3.63, 3.8) is 0 Å². The Kier molecular flexibility index (Phi) is 18.1.